The zero-order chi connectivity index (χ0) is 13.2. The molecule has 0 aromatic carbocycles. The van der Waals surface area contributed by atoms with Crippen LogP contribution in [0.5, 0.6) is 0 Å². The second-order valence-corrected chi connectivity index (χ2v) is 6.86. The van der Waals surface area contributed by atoms with E-state index in [1.807, 2.05) is 0 Å². The van der Waals surface area contributed by atoms with Crippen LogP contribution in [0.2, 0.25) is 0 Å². The van der Waals surface area contributed by atoms with Crippen molar-refractivity contribution < 1.29 is 0 Å². The SMILES string of the molecule is CCNC1(C#N)CCCC(N2CCC(C)(C)C2)C1. The van der Waals surface area contributed by atoms with Gasteiger partial charge in [0.2, 0.25) is 0 Å². The summed E-state index contributed by atoms with van der Waals surface area (Å²) >= 11 is 0. The van der Waals surface area contributed by atoms with Gasteiger partial charge in [0, 0.05) is 12.6 Å². The average molecular weight is 249 g/mol. The van der Waals surface area contributed by atoms with Gasteiger partial charge in [0.15, 0.2) is 0 Å². The smallest absolute Gasteiger partial charge is 0.108 e. The second-order valence-electron chi connectivity index (χ2n) is 6.86. The maximum atomic E-state index is 9.50. The molecule has 1 saturated heterocycles. The Morgan fingerprint density at radius 3 is 2.72 bits per heavy atom. The maximum absolute atomic E-state index is 9.50. The molecule has 1 aliphatic carbocycles. The van der Waals surface area contributed by atoms with Crippen molar-refractivity contribution in [2.45, 2.75) is 64.5 Å². The second kappa shape index (κ2) is 5.19. The monoisotopic (exact) mass is 249 g/mol. The maximum Gasteiger partial charge on any atom is 0.108 e. The molecule has 0 amide bonds. The summed E-state index contributed by atoms with van der Waals surface area (Å²) in [6, 6.07) is 3.17. The Kier molecular flexibility index (Phi) is 3.99. The van der Waals surface area contributed by atoms with Crippen molar-refractivity contribution in [3.8, 4) is 6.07 Å². The van der Waals surface area contributed by atoms with E-state index >= 15 is 0 Å². The van der Waals surface area contributed by atoms with E-state index in [1.165, 1.54) is 32.4 Å². The van der Waals surface area contributed by atoms with Gasteiger partial charge in [-0.3, -0.25) is 10.2 Å². The third-order valence-corrected chi connectivity index (χ3v) is 4.68. The van der Waals surface area contributed by atoms with Crippen LogP contribution in [0.1, 0.15) is 52.9 Å². The molecule has 0 aromatic heterocycles. The van der Waals surface area contributed by atoms with E-state index in [9.17, 15) is 5.26 Å². The number of rotatable bonds is 3. The lowest BCUT2D eigenvalue weighted by Crippen LogP contribution is -2.52. The van der Waals surface area contributed by atoms with Crippen molar-refractivity contribution in [1.82, 2.24) is 10.2 Å². The molecule has 2 unspecified atom stereocenters. The Bertz CT molecular complexity index is 327. The first-order chi connectivity index (χ1) is 8.50. The van der Waals surface area contributed by atoms with E-state index in [0.29, 0.717) is 11.5 Å². The summed E-state index contributed by atoms with van der Waals surface area (Å²) in [5.74, 6) is 0. The molecule has 0 radical (unpaired) electrons. The van der Waals surface area contributed by atoms with Crippen LogP contribution in [0.3, 0.4) is 0 Å². The molecule has 1 saturated carbocycles. The van der Waals surface area contributed by atoms with Crippen molar-refractivity contribution in [2.75, 3.05) is 19.6 Å². The van der Waals surface area contributed by atoms with Crippen LogP contribution < -0.4 is 5.32 Å². The topological polar surface area (TPSA) is 39.1 Å². The van der Waals surface area contributed by atoms with Gasteiger partial charge >= 0.3 is 0 Å². The fourth-order valence-corrected chi connectivity index (χ4v) is 3.66. The standard InChI is InChI=1S/C15H27N3/c1-4-17-15(11-16)7-5-6-13(10-15)18-9-8-14(2,3)12-18/h13,17H,4-10,12H2,1-3H3. The minimum Gasteiger partial charge on any atom is -0.300 e. The van der Waals surface area contributed by atoms with E-state index in [2.05, 4.69) is 37.1 Å². The fourth-order valence-electron chi connectivity index (χ4n) is 3.66. The summed E-state index contributed by atoms with van der Waals surface area (Å²) in [5.41, 5.74) is 0.204. The van der Waals surface area contributed by atoms with Crippen molar-refractivity contribution in [1.29, 1.82) is 5.26 Å². The predicted octanol–water partition coefficient (Wildman–Crippen LogP) is 2.53. The Morgan fingerprint density at radius 1 is 1.39 bits per heavy atom. The molecule has 2 atom stereocenters. The third-order valence-electron chi connectivity index (χ3n) is 4.68. The highest BCUT2D eigenvalue weighted by atomic mass is 15.2. The first-order valence-electron chi connectivity index (χ1n) is 7.41. The molecule has 2 aliphatic rings. The number of nitrogens with one attached hydrogen (secondary N) is 1. The van der Waals surface area contributed by atoms with Gasteiger partial charge in [0.1, 0.15) is 5.54 Å². The molecule has 18 heavy (non-hydrogen) atoms. The van der Waals surface area contributed by atoms with E-state index < -0.39 is 0 Å². The minimum absolute atomic E-state index is 0.260. The Hall–Kier alpha value is -0.590. The first kappa shape index (κ1) is 13.8. The minimum atomic E-state index is -0.260. The molecule has 0 aromatic rings. The van der Waals surface area contributed by atoms with Crippen LogP contribution in [-0.2, 0) is 0 Å². The van der Waals surface area contributed by atoms with Crippen molar-refractivity contribution >= 4 is 0 Å². The van der Waals surface area contributed by atoms with Crippen LogP contribution >= 0.6 is 0 Å². The number of nitrogens with zero attached hydrogens (tertiary/aromatic N) is 2. The normalized spacial score (nSPS) is 36.4. The van der Waals surface area contributed by atoms with Crippen LogP contribution in [-0.4, -0.2) is 36.1 Å². The number of nitriles is 1. The highest BCUT2D eigenvalue weighted by molar-refractivity contribution is 5.11. The molecule has 0 spiro atoms. The van der Waals surface area contributed by atoms with E-state index in [0.717, 1.165) is 19.4 Å². The summed E-state index contributed by atoms with van der Waals surface area (Å²) in [6.07, 6.45) is 5.77. The van der Waals surface area contributed by atoms with Crippen LogP contribution in [0.25, 0.3) is 0 Å². The van der Waals surface area contributed by atoms with Crippen molar-refractivity contribution in [3.63, 3.8) is 0 Å². The molecule has 2 fully saturated rings. The lowest BCUT2D eigenvalue weighted by molar-refractivity contribution is 0.134. The molecule has 1 N–H and O–H groups in total. The van der Waals surface area contributed by atoms with Gasteiger partial charge in [-0.15, -0.1) is 0 Å². The quantitative estimate of drug-likeness (QED) is 0.835. The largest absolute Gasteiger partial charge is 0.300 e. The number of hydrogen-bond acceptors (Lipinski definition) is 3. The molecule has 1 aliphatic heterocycles. The molecule has 2 rings (SSSR count). The fraction of sp³-hybridized carbons (Fsp3) is 0.933. The van der Waals surface area contributed by atoms with Gasteiger partial charge in [-0.25, -0.2) is 0 Å². The Morgan fingerprint density at radius 2 is 2.17 bits per heavy atom. The zero-order valence-corrected chi connectivity index (χ0v) is 12.1. The van der Waals surface area contributed by atoms with Gasteiger partial charge in [-0.2, -0.15) is 5.26 Å². The van der Waals surface area contributed by atoms with Gasteiger partial charge in [-0.05, 0) is 50.6 Å². The van der Waals surface area contributed by atoms with Crippen molar-refractivity contribution in [2.24, 2.45) is 5.41 Å². The molecule has 3 nitrogen and oxygen atoms in total. The number of likely N-dealkylation sites (tertiary alicyclic amines) is 1. The van der Waals surface area contributed by atoms with Gasteiger partial charge in [0.05, 0.1) is 6.07 Å². The number of hydrogen-bond donors (Lipinski definition) is 1. The van der Waals surface area contributed by atoms with Crippen molar-refractivity contribution in [3.05, 3.63) is 0 Å². The molecule has 3 heteroatoms. The van der Waals surface area contributed by atoms with E-state index in [4.69, 9.17) is 0 Å². The highest BCUT2D eigenvalue weighted by Crippen LogP contribution is 2.36. The summed E-state index contributed by atoms with van der Waals surface area (Å²) in [5, 5.41) is 12.9. The Balaban J connectivity index is 2.01. The van der Waals surface area contributed by atoms with Gasteiger partial charge in [-0.1, -0.05) is 20.8 Å². The summed E-state index contributed by atoms with van der Waals surface area (Å²) in [4.78, 5) is 2.63. The van der Waals surface area contributed by atoms with Crippen LogP contribution in [0.4, 0.5) is 0 Å². The highest BCUT2D eigenvalue weighted by Gasteiger charge is 2.41. The third kappa shape index (κ3) is 2.87. The molecule has 0 bridgehead atoms. The Labute approximate surface area is 112 Å². The van der Waals surface area contributed by atoms with Gasteiger partial charge in [0.25, 0.3) is 0 Å². The predicted molar refractivity (Wildman–Crippen MR) is 74.2 cm³/mol. The summed E-state index contributed by atoms with van der Waals surface area (Å²) in [7, 11) is 0. The summed E-state index contributed by atoms with van der Waals surface area (Å²) in [6.45, 7) is 10.1. The zero-order valence-electron chi connectivity index (χ0n) is 12.1. The van der Waals surface area contributed by atoms with E-state index in [1.54, 1.807) is 0 Å². The molecular weight excluding hydrogens is 222 g/mol. The van der Waals surface area contributed by atoms with Crippen LogP contribution in [0, 0.1) is 16.7 Å². The summed E-state index contributed by atoms with van der Waals surface area (Å²) < 4.78 is 0. The molecular formula is C15H27N3. The molecule has 102 valence electrons. The lowest BCUT2D eigenvalue weighted by atomic mass is 9.79. The first-order valence-corrected chi connectivity index (χ1v) is 7.41. The van der Waals surface area contributed by atoms with E-state index in [-0.39, 0.29) is 5.54 Å². The van der Waals surface area contributed by atoms with Crippen LogP contribution in [0.15, 0.2) is 0 Å². The average Bonchev–Trinajstić information content (AvgIpc) is 2.70. The lowest BCUT2D eigenvalue weighted by Gasteiger charge is -2.40. The molecule has 1 heterocycles. The van der Waals surface area contributed by atoms with Gasteiger partial charge < -0.3 is 0 Å².